The van der Waals surface area contributed by atoms with Crippen molar-refractivity contribution in [1.82, 2.24) is 4.98 Å². The van der Waals surface area contributed by atoms with E-state index in [0.717, 1.165) is 15.9 Å². The van der Waals surface area contributed by atoms with Gasteiger partial charge in [-0.25, -0.2) is 4.98 Å². The van der Waals surface area contributed by atoms with Gasteiger partial charge in [-0.05, 0) is 12.1 Å². The molecule has 1 aliphatic heterocycles. The zero-order chi connectivity index (χ0) is 13.6. The molecule has 2 aromatic rings. The number of hydrogen-bond donors (Lipinski definition) is 0. The van der Waals surface area contributed by atoms with E-state index in [0.29, 0.717) is 11.6 Å². The monoisotopic (exact) mass is 273 g/mol. The Morgan fingerprint density at radius 3 is 2.63 bits per heavy atom. The van der Waals surface area contributed by atoms with Gasteiger partial charge in [0.05, 0.1) is 22.3 Å². The van der Waals surface area contributed by atoms with Crippen LogP contribution in [0, 0.1) is 5.41 Å². The second kappa shape index (κ2) is 4.13. The van der Waals surface area contributed by atoms with Crippen LogP contribution in [0.25, 0.3) is 10.2 Å². The number of para-hydroxylation sites is 1. The largest absolute Gasteiger partial charge is 0.272 e. The van der Waals surface area contributed by atoms with Gasteiger partial charge in [0.15, 0.2) is 0 Å². The fourth-order valence-electron chi connectivity index (χ4n) is 1.95. The number of thiazole rings is 1. The van der Waals surface area contributed by atoms with Crippen LogP contribution in [0.2, 0.25) is 0 Å². The average molecular weight is 273 g/mol. The highest BCUT2D eigenvalue weighted by Crippen LogP contribution is 2.33. The van der Waals surface area contributed by atoms with Crippen molar-refractivity contribution in [2.75, 3.05) is 5.01 Å². The molecule has 0 aliphatic carbocycles. The summed E-state index contributed by atoms with van der Waals surface area (Å²) in [4.78, 5) is 16.6. The van der Waals surface area contributed by atoms with Crippen molar-refractivity contribution in [2.24, 2.45) is 10.5 Å². The molecule has 0 fully saturated rings. The molecule has 0 atom stereocenters. The SMILES string of the molecule is CC(C)(C)C1=NN(c2nc3ccccc3s2)C(=O)C1. The van der Waals surface area contributed by atoms with Crippen LogP contribution in [0.3, 0.4) is 0 Å². The highest BCUT2D eigenvalue weighted by Gasteiger charge is 2.33. The predicted molar refractivity (Wildman–Crippen MR) is 78.6 cm³/mol. The minimum atomic E-state index is -0.0822. The number of amides is 1. The fourth-order valence-corrected chi connectivity index (χ4v) is 2.88. The molecule has 0 saturated carbocycles. The normalized spacial score (nSPS) is 16.3. The van der Waals surface area contributed by atoms with E-state index in [-0.39, 0.29) is 11.3 Å². The van der Waals surface area contributed by atoms with Gasteiger partial charge in [-0.2, -0.15) is 10.1 Å². The van der Waals surface area contributed by atoms with Gasteiger partial charge in [0.25, 0.3) is 5.91 Å². The van der Waals surface area contributed by atoms with Gasteiger partial charge in [0.2, 0.25) is 5.13 Å². The number of fused-ring (bicyclic) bond motifs is 1. The molecule has 1 aromatic heterocycles. The number of rotatable bonds is 1. The Labute approximate surface area is 115 Å². The topological polar surface area (TPSA) is 45.6 Å². The Morgan fingerprint density at radius 2 is 2.00 bits per heavy atom. The molecule has 98 valence electrons. The Kier molecular flexibility index (Phi) is 2.67. The number of hydrogen-bond acceptors (Lipinski definition) is 4. The maximum absolute atomic E-state index is 12.1. The third-order valence-electron chi connectivity index (χ3n) is 3.11. The number of carbonyl (C=O) groups is 1. The van der Waals surface area contributed by atoms with E-state index in [4.69, 9.17) is 0 Å². The van der Waals surface area contributed by atoms with Gasteiger partial charge >= 0.3 is 0 Å². The molecule has 1 aromatic carbocycles. The van der Waals surface area contributed by atoms with Crippen molar-refractivity contribution in [3.05, 3.63) is 24.3 Å². The lowest BCUT2D eigenvalue weighted by Gasteiger charge is -2.16. The molecule has 0 radical (unpaired) electrons. The van der Waals surface area contributed by atoms with Crippen molar-refractivity contribution in [3.8, 4) is 0 Å². The van der Waals surface area contributed by atoms with Crippen LogP contribution in [-0.4, -0.2) is 16.6 Å². The summed E-state index contributed by atoms with van der Waals surface area (Å²) in [5.41, 5.74) is 1.74. The van der Waals surface area contributed by atoms with E-state index in [9.17, 15) is 4.79 Å². The summed E-state index contributed by atoms with van der Waals surface area (Å²) in [5, 5.41) is 6.56. The second-order valence-electron chi connectivity index (χ2n) is 5.64. The van der Waals surface area contributed by atoms with Crippen LogP contribution in [-0.2, 0) is 4.79 Å². The summed E-state index contributed by atoms with van der Waals surface area (Å²) in [5.74, 6) is 0.00369. The number of aromatic nitrogens is 1. The smallest absolute Gasteiger partial charge is 0.255 e. The van der Waals surface area contributed by atoms with Crippen molar-refractivity contribution < 1.29 is 4.79 Å². The maximum atomic E-state index is 12.1. The Hall–Kier alpha value is -1.75. The highest BCUT2D eigenvalue weighted by atomic mass is 32.1. The molecule has 4 nitrogen and oxygen atoms in total. The molecule has 3 rings (SSSR count). The molecule has 0 bridgehead atoms. The first-order chi connectivity index (χ1) is 8.95. The summed E-state index contributed by atoms with van der Waals surface area (Å²) >= 11 is 1.50. The van der Waals surface area contributed by atoms with Gasteiger partial charge in [0, 0.05) is 5.41 Å². The van der Waals surface area contributed by atoms with Gasteiger partial charge in [0.1, 0.15) is 0 Å². The molecule has 1 aliphatic rings. The summed E-state index contributed by atoms with van der Waals surface area (Å²) in [6.07, 6.45) is 0.388. The fraction of sp³-hybridized carbons (Fsp3) is 0.357. The minimum Gasteiger partial charge on any atom is -0.272 e. The first kappa shape index (κ1) is 12.3. The lowest BCUT2D eigenvalue weighted by atomic mass is 9.88. The third kappa shape index (κ3) is 2.14. The molecule has 19 heavy (non-hydrogen) atoms. The van der Waals surface area contributed by atoms with Gasteiger partial charge in [-0.15, -0.1) is 0 Å². The molecular formula is C14H15N3OS. The van der Waals surface area contributed by atoms with E-state index >= 15 is 0 Å². The Bertz CT molecular complexity index is 648. The first-order valence-electron chi connectivity index (χ1n) is 6.21. The van der Waals surface area contributed by atoms with E-state index in [1.165, 1.54) is 16.3 Å². The standard InChI is InChI=1S/C14H15N3OS/c1-14(2,3)11-8-12(18)17(16-11)13-15-9-6-4-5-7-10(9)19-13/h4-7H,8H2,1-3H3. The quantitative estimate of drug-likeness (QED) is 0.799. The van der Waals surface area contributed by atoms with Crippen molar-refractivity contribution in [2.45, 2.75) is 27.2 Å². The molecular weight excluding hydrogens is 258 g/mol. The number of nitrogens with zero attached hydrogens (tertiary/aromatic N) is 3. The first-order valence-corrected chi connectivity index (χ1v) is 7.03. The molecule has 1 amide bonds. The summed E-state index contributed by atoms with van der Waals surface area (Å²) in [7, 11) is 0. The molecule has 5 heteroatoms. The van der Waals surface area contributed by atoms with E-state index in [2.05, 4.69) is 30.9 Å². The lowest BCUT2D eigenvalue weighted by molar-refractivity contribution is -0.116. The van der Waals surface area contributed by atoms with Gasteiger partial charge < -0.3 is 0 Å². The van der Waals surface area contributed by atoms with Crippen molar-refractivity contribution in [1.29, 1.82) is 0 Å². The molecule has 0 saturated heterocycles. The average Bonchev–Trinajstić information content (AvgIpc) is 2.90. The van der Waals surface area contributed by atoms with Crippen LogP contribution in [0.5, 0.6) is 0 Å². The van der Waals surface area contributed by atoms with Crippen molar-refractivity contribution >= 4 is 38.3 Å². The maximum Gasteiger partial charge on any atom is 0.255 e. The van der Waals surface area contributed by atoms with Gasteiger partial charge in [-0.3, -0.25) is 4.79 Å². The Balaban J connectivity index is 2.02. The number of carbonyl (C=O) groups excluding carboxylic acids is 1. The van der Waals surface area contributed by atoms with Gasteiger partial charge in [-0.1, -0.05) is 44.2 Å². The number of hydrazone groups is 1. The van der Waals surface area contributed by atoms with E-state index in [1.807, 2.05) is 24.3 Å². The van der Waals surface area contributed by atoms with Crippen LogP contribution in [0.4, 0.5) is 5.13 Å². The zero-order valence-electron chi connectivity index (χ0n) is 11.2. The molecule has 0 spiro atoms. The van der Waals surface area contributed by atoms with Crippen molar-refractivity contribution in [3.63, 3.8) is 0 Å². The molecule has 0 N–H and O–H groups in total. The highest BCUT2D eigenvalue weighted by molar-refractivity contribution is 7.22. The minimum absolute atomic E-state index is 0.00369. The second-order valence-corrected chi connectivity index (χ2v) is 6.65. The van der Waals surface area contributed by atoms with Crippen LogP contribution >= 0.6 is 11.3 Å². The lowest BCUT2D eigenvalue weighted by Crippen LogP contribution is -2.20. The van der Waals surface area contributed by atoms with Crippen LogP contribution in [0.15, 0.2) is 29.4 Å². The Morgan fingerprint density at radius 1 is 1.26 bits per heavy atom. The summed E-state index contributed by atoms with van der Waals surface area (Å²) in [6, 6.07) is 7.87. The molecule has 0 unspecified atom stereocenters. The number of benzene rings is 1. The summed E-state index contributed by atoms with van der Waals surface area (Å²) < 4.78 is 1.07. The molecule has 2 heterocycles. The third-order valence-corrected chi connectivity index (χ3v) is 4.12. The van der Waals surface area contributed by atoms with Crippen LogP contribution in [0.1, 0.15) is 27.2 Å². The van der Waals surface area contributed by atoms with E-state index in [1.54, 1.807) is 0 Å². The zero-order valence-corrected chi connectivity index (χ0v) is 12.0. The van der Waals surface area contributed by atoms with Crippen LogP contribution < -0.4 is 5.01 Å². The number of anilines is 1. The summed E-state index contributed by atoms with van der Waals surface area (Å²) in [6.45, 7) is 6.21. The van der Waals surface area contributed by atoms with E-state index < -0.39 is 0 Å². The predicted octanol–water partition coefficient (Wildman–Crippen LogP) is 3.44.